The zero-order chi connectivity index (χ0) is 75.1. The number of nitrogens with zero attached hydrogens (tertiary/aromatic N) is 6. The standard InChI is InChI=1S/C60H112N18O26/c61-11-27-39(81)43(85)33(69)55(93-27)99-49-25(67)9-23(65)37(79)53(49)103-59-47(89)51(101-57-35(71)45(87)41(83)29(13-63)95-57)31(97-59)17-77-15-21(73-75-77)19-91-7-5-3-1-2-4-6-8-92-20-22-16-78(76-74-22)18-32-52(102-58-36(72)46(88)42(84)30(14-64)96-58)48(90)60(98-32)104-54-38(80)24(66)10-26(68)50(54)100-56-34(70)44(86)40(82)28(12-62)94-56/h15-16,23-60,79-90H,1-14,17-20,61-72H2/t23-,24-,25+,26+,27-,28-,29+,30+,31-,32-,33-,34-,35-,36-,37+,38+,39-,40-,41-,42-,43-,44-,45-,46-,47-,48-,49-,50-,51-,52-,53-,54-,55-,56-,57-,58-,59+,60+/m1/s1. The number of aliphatic hydroxyl groups is 12. The first-order valence-electron chi connectivity index (χ1n) is 35.5. The monoisotopic (exact) mass is 1500 g/mol. The highest BCUT2D eigenvalue weighted by Crippen LogP contribution is 2.38. The summed E-state index contributed by atoms with van der Waals surface area (Å²) in [6.45, 7) is 0.000855. The molecule has 0 unspecified atom stereocenters. The molecule has 2 aromatic heterocycles. The Kier molecular flexibility index (Phi) is 30.1. The molecule has 0 amide bonds. The Hall–Kier alpha value is -3.24. The maximum Gasteiger partial charge on any atom is 0.187 e. The molecule has 0 aromatic carbocycles. The Morgan fingerprint density at radius 2 is 0.606 bits per heavy atom. The Balaban J connectivity index is 0.672. The molecule has 10 rings (SSSR count). The molecule has 2 aromatic rings. The van der Waals surface area contributed by atoms with Gasteiger partial charge in [0, 0.05) is 63.6 Å². The van der Waals surface area contributed by atoms with Gasteiger partial charge < -0.3 is 196 Å². The van der Waals surface area contributed by atoms with Crippen molar-refractivity contribution in [1.29, 1.82) is 0 Å². The van der Waals surface area contributed by atoms with Gasteiger partial charge in [0.05, 0.1) is 75.1 Å². The van der Waals surface area contributed by atoms with Crippen molar-refractivity contribution in [3.05, 3.63) is 23.8 Å². The smallest absolute Gasteiger partial charge is 0.187 e. The summed E-state index contributed by atoms with van der Waals surface area (Å²) in [5.41, 5.74) is 74.9. The van der Waals surface area contributed by atoms with Crippen molar-refractivity contribution in [2.45, 2.75) is 310 Å². The molecule has 2 aliphatic carbocycles. The van der Waals surface area contributed by atoms with Crippen LogP contribution in [0.4, 0.5) is 0 Å². The van der Waals surface area contributed by atoms with Gasteiger partial charge in [-0.05, 0) is 25.7 Å². The SMILES string of the molecule is NC[C@@H]1O[C@H](O[C@H]2[C@@H](O)[C@H](O[C@@H]3[C@@H](O)[C@H](N)C[C@H](N)[C@H]3O[C@H]3O[C@H](CN)[C@@H](O)[C@H](O)[C@H]3N)O[C@@H]2Cn2cc(COCCCCCCCCOCc3cn(C[C@H]4O[C@@H](O[C@@H]5[C@@H](O)[C@H](N)C[C@H](N)[C@H]5O[C@H]5O[C@H](CN)[C@@H](O)[C@H](O)[C@H]5N)[C@H](O)[C@@H]4O[C@H]4O[C@@H](CN)[C@@H](O)[C@H](O)[C@H]4N)nn3)nn2)[C@H](N)[C@@H](O)[C@@H]1O. The van der Waals surface area contributed by atoms with E-state index < -0.39 is 233 Å². The summed E-state index contributed by atoms with van der Waals surface area (Å²) in [4.78, 5) is 0. The van der Waals surface area contributed by atoms with Crippen LogP contribution in [0.25, 0.3) is 0 Å². The molecule has 6 aliphatic heterocycles. The number of rotatable bonds is 33. The summed E-state index contributed by atoms with van der Waals surface area (Å²) in [5.74, 6) is 0. The van der Waals surface area contributed by atoms with E-state index in [2.05, 4.69) is 20.6 Å². The first-order chi connectivity index (χ1) is 49.7. The maximum atomic E-state index is 12.0. The number of unbranched alkanes of at least 4 members (excludes halogenated alkanes) is 5. The molecular formula is C60H112N18O26. The summed E-state index contributed by atoms with van der Waals surface area (Å²) in [5, 5.41) is 149. The fourth-order valence-electron chi connectivity index (χ4n) is 14.3. The van der Waals surface area contributed by atoms with Crippen LogP contribution in [-0.4, -0.2) is 363 Å². The lowest BCUT2D eigenvalue weighted by Crippen LogP contribution is -2.68. The fourth-order valence-corrected chi connectivity index (χ4v) is 14.3. The van der Waals surface area contributed by atoms with Crippen molar-refractivity contribution >= 4 is 0 Å². The van der Waals surface area contributed by atoms with Gasteiger partial charge in [-0.2, -0.15) is 0 Å². The Labute approximate surface area is 598 Å². The second kappa shape index (κ2) is 37.6. The number of ether oxygens (including phenoxy) is 14. The van der Waals surface area contributed by atoms with Crippen molar-refractivity contribution in [3.63, 3.8) is 0 Å². The van der Waals surface area contributed by atoms with Crippen molar-refractivity contribution in [3.8, 4) is 0 Å². The summed E-state index contributed by atoms with van der Waals surface area (Å²) in [6, 6.07) is -8.93. The summed E-state index contributed by atoms with van der Waals surface area (Å²) in [7, 11) is 0. The molecule has 2 saturated carbocycles. The molecule has 598 valence electrons. The second-order valence-electron chi connectivity index (χ2n) is 28.2. The number of nitrogens with two attached hydrogens (primary N) is 12. The van der Waals surface area contributed by atoms with Crippen LogP contribution in [0.5, 0.6) is 0 Å². The van der Waals surface area contributed by atoms with E-state index in [1.54, 1.807) is 12.4 Å². The highest BCUT2D eigenvalue weighted by Gasteiger charge is 2.58. The van der Waals surface area contributed by atoms with E-state index in [-0.39, 0.29) is 65.3 Å². The average Bonchev–Trinajstić information content (AvgIpc) is 1.57. The topological polar surface area (TPSA) is 746 Å². The van der Waals surface area contributed by atoms with Gasteiger partial charge in [-0.15, -0.1) is 10.2 Å². The minimum Gasteiger partial charge on any atom is -0.389 e. The molecule has 8 aliphatic rings. The summed E-state index contributed by atoms with van der Waals surface area (Å²) >= 11 is 0. The van der Waals surface area contributed by atoms with Crippen LogP contribution in [0.3, 0.4) is 0 Å². The van der Waals surface area contributed by atoms with Crippen molar-refractivity contribution in [1.82, 2.24) is 30.0 Å². The molecule has 44 heteroatoms. The molecule has 38 atom stereocenters. The van der Waals surface area contributed by atoms with E-state index in [4.69, 9.17) is 135 Å². The zero-order valence-electron chi connectivity index (χ0n) is 57.5. The Bertz CT molecular complexity index is 2700. The van der Waals surface area contributed by atoms with Crippen LogP contribution in [-0.2, 0) is 92.6 Å². The molecule has 104 heavy (non-hydrogen) atoms. The lowest BCUT2D eigenvalue weighted by atomic mass is 9.84. The highest BCUT2D eigenvalue weighted by molar-refractivity contribution is 5.06. The van der Waals surface area contributed by atoms with Gasteiger partial charge in [-0.1, -0.05) is 36.1 Å². The van der Waals surface area contributed by atoms with Gasteiger partial charge >= 0.3 is 0 Å². The molecule has 8 fully saturated rings. The van der Waals surface area contributed by atoms with Gasteiger partial charge in [0.15, 0.2) is 37.7 Å². The highest BCUT2D eigenvalue weighted by atomic mass is 16.8. The van der Waals surface area contributed by atoms with Gasteiger partial charge in [-0.25, -0.2) is 9.36 Å². The normalized spacial score (nSPS) is 45.9. The number of hydrogen-bond acceptors (Lipinski definition) is 42. The van der Waals surface area contributed by atoms with Crippen LogP contribution in [0.2, 0.25) is 0 Å². The summed E-state index contributed by atoms with van der Waals surface area (Å²) in [6.07, 6.45) is -33.0. The molecule has 0 radical (unpaired) electrons. The van der Waals surface area contributed by atoms with E-state index in [0.717, 1.165) is 38.5 Å². The quantitative estimate of drug-likeness (QED) is 0.0295. The van der Waals surface area contributed by atoms with Gasteiger partial charge in [0.1, 0.15) is 146 Å². The third-order valence-corrected chi connectivity index (χ3v) is 20.6. The lowest BCUT2D eigenvalue weighted by Gasteiger charge is -2.47. The minimum atomic E-state index is -1.67. The first kappa shape index (κ1) is 83.2. The molecule has 36 N–H and O–H groups in total. The third-order valence-electron chi connectivity index (χ3n) is 20.6. The molecule has 0 spiro atoms. The van der Waals surface area contributed by atoms with E-state index in [1.807, 2.05) is 0 Å². The lowest BCUT2D eigenvalue weighted by molar-refractivity contribution is -0.306. The van der Waals surface area contributed by atoms with Gasteiger partial charge in [-0.3, -0.25) is 0 Å². The Morgan fingerprint density at radius 3 is 0.913 bits per heavy atom. The van der Waals surface area contributed by atoms with E-state index >= 15 is 0 Å². The fraction of sp³-hybridized carbons (Fsp3) is 0.933. The molecule has 0 bridgehead atoms. The summed E-state index contributed by atoms with van der Waals surface area (Å²) < 4.78 is 88.1. The van der Waals surface area contributed by atoms with E-state index in [0.29, 0.717) is 24.6 Å². The van der Waals surface area contributed by atoms with Crippen molar-refractivity contribution in [2.75, 3.05) is 39.4 Å². The molecule has 8 heterocycles. The van der Waals surface area contributed by atoms with Crippen LogP contribution < -0.4 is 68.8 Å². The predicted octanol–water partition coefficient (Wildman–Crippen LogP) is -14.8. The Morgan fingerprint density at radius 1 is 0.327 bits per heavy atom. The van der Waals surface area contributed by atoms with Crippen LogP contribution in [0.1, 0.15) is 62.8 Å². The zero-order valence-corrected chi connectivity index (χ0v) is 57.5. The average molecular weight is 1500 g/mol. The van der Waals surface area contributed by atoms with Gasteiger partial charge in [0.2, 0.25) is 0 Å². The number of aliphatic hydroxyl groups excluding tert-OH is 12. The second-order valence-corrected chi connectivity index (χ2v) is 28.2. The van der Waals surface area contributed by atoms with E-state index in [9.17, 15) is 61.3 Å². The van der Waals surface area contributed by atoms with Crippen LogP contribution in [0, 0.1) is 0 Å². The number of aromatic nitrogens is 6. The molecular weight excluding hydrogens is 1390 g/mol. The largest absolute Gasteiger partial charge is 0.389 e. The molecule has 6 saturated heterocycles. The van der Waals surface area contributed by atoms with Crippen LogP contribution in [0.15, 0.2) is 12.4 Å². The predicted molar refractivity (Wildman–Crippen MR) is 350 cm³/mol. The number of hydrogen-bond donors (Lipinski definition) is 24. The maximum absolute atomic E-state index is 12.0. The molecule has 44 nitrogen and oxygen atoms in total. The van der Waals surface area contributed by atoms with E-state index in [1.165, 1.54) is 9.36 Å². The van der Waals surface area contributed by atoms with Crippen molar-refractivity contribution < 1.29 is 128 Å². The van der Waals surface area contributed by atoms with Crippen molar-refractivity contribution in [2.24, 2.45) is 68.8 Å². The third kappa shape index (κ3) is 19.2. The van der Waals surface area contributed by atoms with Crippen LogP contribution >= 0.6 is 0 Å². The first-order valence-corrected chi connectivity index (χ1v) is 35.5. The van der Waals surface area contributed by atoms with Gasteiger partial charge in [0.25, 0.3) is 0 Å². The minimum absolute atomic E-state index is 0.0402.